The number of anilines is 2. The summed E-state index contributed by atoms with van der Waals surface area (Å²) in [6.07, 6.45) is 0.430. The molecular formula is C21H27N5O4. The van der Waals surface area contributed by atoms with E-state index < -0.39 is 17.3 Å². The van der Waals surface area contributed by atoms with Crippen LogP contribution in [-0.2, 0) is 28.2 Å². The zero-order valence-corrected chi connectivity index (χ0v) is 17.7. The summed E-state index contributed by atoms with van der Waals surface area (Å²) in [6, 6.07) is 5.29. The Morgan fingerprint density at radius 1 is 1.27 bits per heavy atom. The number of nitrogen functional groups attached to an aromatic ring is 1. The molecule has 30 heavy (non-hydrogen) atoms. The zero-order chi connectivity index (χ0) is 22.1. The van der Waals surface area contributed by atoms with Crippen LogP contribution in [0.3, 0.4) is 0 Å². The minimum Gasteiger partial charge on any atom is -0.438 e. The minimum absolute atomic E-state index is 0.165. The zero-order valence-electron chi connectivity index (χ0n) is 17.7. The van der Waals surface area contributed by atoms with E-state index in [2.05, 4.69) is 15.6 Å². The van der Waals surface area contributed by atoms with Crippen molar-refractivity contribution < 1.29 is 14.3 Å². The third-order valence-electron chi connectivity index (χ3n) is 5.65. The number of pyridine rings is 2. The van der Waals surface area contributed by atoms with Crippen LogP contribution in [0.4, 0.5) is 16.3 Å². The van der Waals surface area contributed by atoms with Gasteiger partial charge in [0, 0.05) is 23.5 Å². The maximum atomic E-state index is 13.1. The average Bonchev–Trinajstić information content (AvgIpc) is 2.70. The van der Waals surface area contributed by atoms with Crippen LogP contribution in [0.1, 0.15) is 49.2 Å². The van der Waals surface area contributed by atoms with Gasteiger partial charge in [-0.05, 0) is 44.4 Å². The molecule has 3 heterocycles. The van der Waals surface area contributed by atoms with Crippen molar-refractivity contribution in [1.29, 1.82) is 0 Å². The van der Waals surface area contributed by atoms with Crippen molar-refractivity contribution in [3.8, 4) is 0 Å². The van der Waals surface area contributed by atoms with E-state index in [4.69, 9.17) is 10.5 Å². The van der Waals surface area contributed by atoms with Crippen LogP contribution >= 0.6 is 0 Å². The Kier molecular flexibility index (Phi) is 5.82. The second kappa shape index (κ2) is 8.17. The lowest BCUT2D eigenvalue weighted by Crippen LogP contribution is -2.44. The maximum absolute atomic E-state index is 13.1. The number of nitrogens with zero attached hydrogens (tertiary/aromatic N) is 2. The summed E-state index contributed by atoms with van der Waals surface area (Å²) in [5.41, 5.74) is 7.39. The molecule has 160 valence electrons. The van der Waals surface area contributed by atoms with Gasteiger partial charge in [0.2, 0.25) is 5.91 Å². The number of hydrogen-bond acceptors (Lipinski definition) is 6. The number of amides is 2. The normalized spacial score (nSPS) is 14.5. The first-order valence-electron chi connectivity index (χ1n) is 9.94. The molecule has 0 aromatic carbocycles. The van der Waals surface area contributed by atoms with E-state index in [1.807, 2.05) is 26.8 Å². The van der Waals surface area contributed by atoms with Crippen LogP contribution in [-0.4, -0.2) is 21.6 Å². The third-order valence-corrected chi connectivity index (χ3v) is 5.65. The highest BCUT2D eigenvalue weighted by molar-refractivity contribution is 5.88. The van der Waals surface area contributed by atoms with E-state index >= 15 is 0 Å². The Labute approximate surface area is 174 Å². The molecule has 0 spiro atoms. The van der Waals surface area contributed by atoms with Crippen molar-refractivity contribution in [1.82, 2.24) is 14.9 Å². The molecule has 0 saturated heterocycles. The van der Waals surface area contributed by atoms with Gasteiger partial charge in [-0.15, -0.1) is 0 Å². The van der Waals surface area contributed by atoms with Crippen LogP contribution in [0, 0.1) is 13.8 Å². The minimum atomic E-state index is -0.845. The molecule has 9 heteroatoms. The molecule has 0 radical (unpaired) electrons. The number of carbonyl (C=O) groups excluding carboxylic acids is 2. The molecule has 0 saturated carbocycles. The van der Waals surface area contributed by atoms with Gasteiger partial charge in [-0.1, -0.05) is 19.9 Å². The van der Waals surface area contributed by atoms with Crippen molar-refractivity contribution in [3.63, 3.8) is 0 Å². The maximum Gasteiger partial charge on any atom is 0.412 e. The summed E-state index contributed by atoms with van der Waals surface area (Å²) in [6.45, 7) is 7.50. The quantitative estimate of drug-likeness (QED) is 0.667. The molecule has 0 aliphatic carbocycles. The smallest absolute Gasteiger partial charge is 0.412 e. The van der Waals surface area contributed by atoms with Gasteiger partial charge in [0.15, 0.2) is 0 Å². The molecule has 2 aromatic rings. The summed E-state index contributed by atoms with van der Waals surface area (Å²) in [7, 11) is 0. The van der Waals surface area contributed by atoms with Crippen LogP contribution < -0.4 is 21.9 Å². The molecule has 1 aliphatic rings. The molecule has 0 bridgehead atoms. The lowest BCUT2D eigenvalue weighted by atomic mass is 9.86. The highest BCUT2D eigenvalue weighted by atomic mass is 16.6. The number of carbonyl (C=O) groups is 2. The van der Waals surface area contributed by atoms with Crippen molar-refractivity contribution >= 4 is 23.5 Å². The standard InChI is InChI=1S/C21H27N5O4/c1-5-21(6-2)15-9-12(3)26(19(28)18(15)25-20(29)30-21)11-17(27)23-10-14-7-8-16(22)24-13(14)4/h7-9H,5-6,10-11H2,1-4H3,(H2,22,24)(H,23,27)(H,25,29). The Hall–Kier alpha value is -3.36. The molecule has 0 atom stereocenters. The van der Waals surface area contributed by atoms with Crippen LogP contribution in [0.2, 0.25) is 0 Å². The fraction of sp³-hybridized carbons (Fsp3) is 0.429. The number of aromatic nitrogens is 2. The number of hydrogen-bond donors (Lipinski definition) is 3. The van der Waals surface area contributed by atoms with E-state index in [-0.39, 0.29) is 24.7 Å². The van der Waals surface area contributed by atoms with Gasteiger partial charge in [-0.2, -0.15) is 0 Å². The second-order valence-corrected chi connectivity index (χ2v) is 7.44. The summed E-state index contributed by atoms with van der Waals surface area (Å²) in [4.78, 5) is 41.8. The van der Waals surface area contributed by atoms with Crippen molar-refractivity contribution in [3.05, 3.63) is 51.1 Å². The van der Waals surface area contributed by atoms with Crippen LogP contribution in [0.5, 0.6) is 0 Å². The van der Waals surface area contributed by atoms with Gasteiger partial charge in [-0.25, -0.2) is 9.78 Å². The molecule has 4 N–H and O–H groups in total. The molecule has 0 fully saturated rings. The summed E-state index contributed by atoms with van der Waals surface area (Å²) < 4.78 is 6.90. The van der Waals surface area contributed by atoms with E-state index in [9.17, 15) is 14.4 Å². The van der Waals surface area contributed by atoms with Gasteiger partial charge in [0.25, 0.3) is 5.56 Å². The lowest BCUT2D eigenvalue weighted by molar-refractivity contribution is -0.121. The Morgan fingerprint density at radius 3 is 2.60 bits per heavy atom. The van der Waals surface area contributed by atoms with E-state index in [1.54, 1.807) is 19.1 Å². The highest BCUT2D eigenvalue weighted by Crippen LogP contribution is 2.39. The van der Waals surface area contributed by atoms with Gasteiger partial charge in [0.1, 0.15) is 23.7 Å². The first-order chi connectivity index (χ1) is 14.2. The molecule has 9 nitrogen and oxygen atoms in total. The Morgan fingerprint density at radius 2 is 1.97 bits per heavy atom. The second-order valence-electron chi connectivity index (χ2n) is 7.44. The van der Waals surface area contributed by atoms with Crippen molar-refractivity contribution in [2.75, 3.05) is 11.1 Å². The topological polar surface area (TPSA) is 128 Å². The van der Waals surface area contributed by atoms with E-state index in [1.165, 1.54) is 4.57 Å². The number of nitrogens with one attached hydrogen (secondary N) is 2. The van der Waals surface area contributed by atoms with Gasteiger partial charge < -0.3 is 20.4 Å². The molecule has 0 unspecified atom stereocenters. The first kappa shape index (κ1) is 21.4. The summed E-state index contributed by atoms with van der Waals surface area (Å²) in [5, 5.41) is 5.31. The number of rotatable bonds is 6. The Balaban J connectivity index is 1.85. The van der Waals surface area contributed by atoms with Crippen molar-refractivity contribution in [2.45, 2.75) is 59.2 Å². The van der Waals surface area contributed by atoms with E-state index in [0.29, 0.717) is 29.9 Å². The predicted octanol–water partition coefficient (Wildman–Crippen LogP) is 2.34. The van der Waals surface area contributed by atoms with Crippen LogP contribution in [0.15, 0.2) is 23.0 Å². The first-order valence-corrected chi connectivity index (χ1v) is 9.94. The molecule has 2 amide bonds. The van der Waals surface area contributed by atoms with Gasteiger partial charge in [0.05, 0.1) is 0 Å². The number of cyclic esters (lactones) is 1. The number of aryl methyl sites for hydroxylation is 2. The van der Waals surface area contributed by atoms with Crippen molar-refractivity contribution in [2.24, 2.45) is 0 Å². The number of fused-ring (bicyclic) bond motifs is 1. The highest BCUT2D eigenvalue weighted by Gasteiger charge is 2.41. The summed E-state index contributed by atoms with van der Waals surface area (Å²) in [5.74, 6) is 0.0899. The molecule has 3 rings (SSSR count). The van der Waals surface area contributed by atoms with E-state index in [0.717, 1.165) is 11.3 Å². The predicted molar refractivity (Wildman–Crippen MR) is 113 cm³/mol. The fourth-order valence-corrected chi connectivity index (χ4v) is 3.77. The largest absolute Gasteiger partial charge is 0.438 e. The van der Waals surface area contributed by atoms with Gasteiger partial charge >= 0.3 is 6.09 Å². The fourth-order valence-electron chi connectivity index (χ4n) is 3.77. The molecule has 2 aromatic heterocycles. The SMILES string of the molecule is CCC1(CC)OC(=O)Nc2c1cc(C)n(CC(=O)NCc1ccc(N)nc1C)c2=O. The third kappa shape index (κ3) is 3.87. The molecule has 1 aliphatic heterocycles. The Bertz CT molecular complexity index is 1060. The molecular weight excluding hydrogens is 386 g/mol. The van der Waals surface area contributed by atoms with Crippen LogP contribution in [0.25, 0.3) is 0 Å². The average molecular weight is 413 g/mol. The number of nitrogens with two attached hydrogens (primary N) is 1. The summed E-state index contributed by atoms with van der Waals surface area (Å²) >= 11 is 0. The number of ether oxygens (including phenoxy) is 1. The monoisotopic (exact) mass is 413 g/mol. The lowest BCUT2D eigenvalue weighted by Gasteiger charge is -2.37. The van der Waals surface area contributed by atoms with Gasteiger partial charge in [-0.3, -0.25) is 14.9 Å².